The van der Waals surface area contributed by atoms with Crippen molar-refractivity contribution < 1.29 is 4.79 Å². The first-order valence-electron chi connectivity index (χ1n) is 6.57. The molecule has 0 unspecified atom stereocenters. The Bertz CT molecular complexity index is 570. The van der Waals surface area contributed by atoms with Crippen molar-refractivity contribution in [2.75, 3.05) is 0 Å². The van der Waals surface area contributed by atoms with Crippen LogP contribution in [0.3, 0.4) is 0 Å². The molecule has 2 nitrogen and oxygen atoms in total. The van der Waals surface area contributed by atoms with E-state index >= 15 is 0 Å². The van der Waals surface area contributed by atoms with Crippen LogP contribution < -0.4 is 5.32 Å². The largest absolute Gasteiger partial charge is 0.325 e. The number of rotatable bonds is 2. The summed E-state index contributed by atoms with van der Waals surface area (Å²) in [5, 5.41) is 3.03. The molecule has 1 aliphatic rings. The van der Waals surface area contributed by atoms with Gasteiger partial charge in [0.1, 0.15) is 0 Å². The molecule has 0 aliphatic heterocycles. The van der Waals surface area contributed by atoms with Crippen LogP contribution in [0.2, 0.25) is 0 Å². The van der Waals surface area contributed by atoms with Gasteiger partial charge in [-0.15, -0.1) is 11.3 Å². The number of nitrogens with one attached hydrogen (secondary N) is 1. The van der Waals surface area contributed by atoms with E-state index in [1.54, 1.807) is 11.3 Å². The number of aryl methyl sites for hydroxylation is 2. The zero-order valence-corrected chi connectivity index (χ0v) is 13.1. The molecule has 0 aromatic carbocycles. The highest BCUT2D eigenvalue weighted by Crippen LogP contribution is 2.32. The van der Waals surface area contributed by atoms with Crippen LogP contribution in [-0.4, -0.2) is 5.91 Å². The Labute approximate surface area is 119 Å². The second kappa shape index (κ2) is 4.97. The van der Waals surface area contributed by atoms with E-state index in [9.17, 15) is 4.79 Å². The molecule has 0 saturated heterocycles. The van der Waals surface area contributed by atoms with E-state index in [1.165, 1.54) is 10.5 Å². The molecule has 0 saturated carbocycles. The van der Waals surface area contributed by atoms with Gasteiger partial charge in [0.15, 0.2) is 0 Å². The Morgan fingerprint density at radius 3 is 2.47 bits per heavy atom. The van der Waals surface area contributed by atoms with Gasteiger partial charge in [0, 0.05) is 17.0 Å². The molecule has 0 atom stereocenters. The summed E-state index contributed by atoms with van der Waals surface area (Å²) in [7, 11) is 0. The van der Waals surface area contributed by atoms with E-state index in [1.807, 2.05) is 13.8 Å². The number of hydrogen-bond donors (Lipinski definition) is 1. The van der Waals surface area contributed by atoms with E-state index in [2.05, 4.69) is 44.3 Å². The van der Waals surface area contributed by atoms with E-state index in [4.69, 9.17) is 0 Å². The normalized spacial score (nSPS) is 15.2. The van der Waals surface area contributed by atoms with Crippen LogP contribution in [0.15, 0.2) is 29.5 Å². The van der Waals surface area contributed by atoms with Gasteiger partial charge < -0.3 is 5.32 Å². The monoisotopic (exact) mass is 275 g/mol. The smallest absolute Gasteiger partial charge is 0.265 e. The van der Waals surface area contributed by atoms with Gasteiger partial charge in [0.2, 0.25) is 0 Å². The zero-order chi connectivity index (χ0) is 14.2. The van der Waals surface area contributed by atoms with Crippen LogP contribution in [0.1, 0.15) is 47.3 Å². The Morgan fingerprint density at radius 1 is 1.32 bits per heavy atom. The topological polar surface area (TPSA) is 29.1 Å². The fourth-order valence-electron chi connectivity index (χ4n) is 2.20. The first-order chi connectivity index (χ1) is 8.77. The summed E-state index contributed by atoms with van der Waals surface area (Å²) in [6.45, 7) is 10.6. The highest BCUT2D eigenvalue weighted by Gasteiger charge is 2.21. The molecule has 2 rings (SSSR count). The van der Waals surface area contributed by atoms with Crippen molar-refractivity contribution in [1.82, 2.24) is 5.32 Å². The van der Waals surface area contributed by atoms with Crippen molar-refractivity contribution in [3.05, 3.63) is 44.8 Å². The van der Waals surface area contributed by atoms with Gasteiger partial charge in [-0.3, -0.25) is 4.79 Å². The molecule has 102 valence electrons. The fraction of sp³-hybridized carbons (Fsp3) is 0.438. The standard InChI is InChI=1S/C16H21NOS/c1-10-8-11(2)19-14(10)15(18)17-13-7-6-12(9-13)16(3,4)5/h6,8-9H,7H2,1-5H3,(H,17,18). The molecule has 0 spiro atoms. The van der Waals surface area contributed by atoms with E-state index in [0.717, 1.165) is 22.6 Å². The molecule has 1 amide bonds. The van der Waals surface area contributed by atoms with Crippen molar-refractivity contribution in [2.45, 2.75) is 41.0 Å². The Hall–Kier alpha value is -1.35. The van der Waals surface area contributed by atoms with E-state index in [-0.39, 0.29) is 11.3 Å². The van der Waals surface area contributed by atoms with Gasteiger partial charge in [0.05, 0.1) is 4.88 Å². The predicted octanol–water partition coefficient (Wildman–Crippen LogP) is 4.35. The number of hydrogen-bond acceptors (Lipinski definition) is 2. The third kappa shape index (κ3) is 3.16. The number of amides is 1. The first-order valence-corrected chi connectivity index (χ1v) is 7.38. The molecule has 1 aromatic heterocycles. The summed E-state index contributed by atoms with van der Waals surface area (Å²) < 4.78 is 0. The molecule has 1 heterocycles. The van der Waals surface area contributed by atoms with Crippen molar-refractivity contribution in [3.8, 4) is 0 Å². The van der Waals surface area contributed by atoms with Crippen molar-refractivity contribution in [3.63, 3.8) is 0 Å². The summed E-state index contributed by atoms with van der Waals surface area (Å²) >= 11 is 1.56. The van der Waals surface area contributed by atoms with Crippen molar-refractivity contribution in [1.29, 1.82) is 0 Å². The molecule has 0 bridgehead atoms. The second-order valence-electron chi connectivity index (χ2n) is 6.11. The van der Waals surface area contributed by atoms with Crippen LogP contribution in [0.4, 0.5) is 0 Å². The van der Waals surface area contributed by atoms with Crippen LogP contribution in [0, 0.1) is 19.3 Å². The highest BCUT2D eigenvalue weighted by molar-refractivity contribution is 7.14. The number of carbonyl (C=O) groups excluding carboxylic acids is 1. The summed E-state index contributed by atoms with van der Waals surface area (Å²) in [6.07, 6.45) is 5.12. The van der Waals surface area contributed by atoms with Gasteiger partial charge in [-0.05, 0) is 42.5 Å². The third-order valence-corrected chi connectivity index (χ3v) is 4.41. The lowest BCUT2D eigenvalue weighted by molar-refractivity contribution is 0.0969. The Balaban J connectivity index is 2.08. The number of thiophene rings is 1. The predicted molar refractivity (Wildman–Crippen MR) is 81.5 cm³/mol. The average molecular weight is 275 g/mol. The summed E-state index contributed by atoms with van der Waals surface area (Å²) in [4.78, 5) is 14.2. The highest BCUT2D eigenvalue weighted by atomic mass is 32.1. The zero-order valence-electron chi connectivity index (χ0n) is 12.3. The van der Waals surface area contributed by atoms with Gasteiger partial charge in [-0.1, -0.05) is 26.8 Å². The fourth-order valence-corrected chi connectivity index (χ4v) is 3.13. The summed E-state index contributed by atoms with van der Waals surface area (Å²) in [5.41, 5.74) is 3.49. The van der Waals surface area contributed by atoms with E-state index < -0.39 is 0 Å². The summed E-state index contributed by atoms with van der Waals surface area (Å²) in [6, 6.07) is 2.06. The molecular weight excluding hydrogens is 254 g/mol. The van der Waals surface area contributed by atoms with Crippen LogP contribution >= 0.6 is 11.3 Å². The van der Waals surface area contributed by atoms with E-state index in [0.29, 0.717) is 0 Å². The van der Waals surface area contributed by atoms with Crippen molar-refractivity contribution in [2.24, 2.45) is 5.41 Å². The second-order valence-corrected chi connectivity index (χ2v) is 7.36. The molecular formula is C16H21NOS. The molecule has 3 heteroatoms. The molecule has 1 N–H and O–H groups in total. The number of allylic oxidation sites excluding steroid dienone is 3. The maximum absolute atomic E-state index is 12.2. The van der Waals surface area contributed by atoms with Crippen LogP contribution in [-0.2, 0) is 0 Å². The van der Waals surface area contributed by atoms with Gasteiger partial charge in [-0.25, -0.2) is 0 Å². The Morgan fingerprint density at radius 2 is 2.00 bits per heavy atom. The minimum atomic E-state index is 0.0189. The third-order valence-electron chi connectivity index (χ3n) is 3.26. The first kappa shape index (κ1) is 14.1. The molecule has 1 aliphatic carbocycles. The van der Waals surface area contributed by atoms with Gasteiger partial charge in [-0.2, -0.15) is 0 Å². The number of carbonyl (C=O) groups is 1. The van der Waals surface area contributed by atoms with Gasteiger partial charge >= 0.3 is 0 Å². The van der Waals surface area contributed by atoms with Crippen LogP contribution in [0.25, 0.3) is 0 Å². The SMILES string of the molecule is Cc1cc(C)c(C(=O)NC2=CC(C(C)(C)C)=CC2)s1. The maximum atomic E-state index is 12.2. The van der Waals surface area contributed by atoms with Crippen LogP contribution in [0.5, 0.6) is 0 Å². The molecule has 0 radical (unpaired) electrons. The average Bonchev–Trinajstić information content (AvgIpc) is 2.84. The quantitative estimate of drug-likeness (QED) is 0.854. The lowest BCUT2D eigenvalue weighted by Gasteiger charge is -2.18. The van der Waals surface area contributed by atoms with Gasteiger partial charge in [0.25, 0.3) is 5.91 Å². The lowest BCUT2D eigenvalue weighted by Crippen LogP contribution is -2.21. The molecule has 1 aromatic rings. The lowest BCUT2D eigenvalue weighted by atomic mass is 9.87. The summed E-state index contributed by atoms with van der Waals surface area (Å²) in [5.74, 6) is 0.0189. The maximum Gasteiger partial charge on any atom is 0.265 e. The minimum absolute atomic E-state index is 0.0189. The molecule has 19 heavy (non-hydrogen) atoms. The van der Waals surface area contributed by atoms with Crippen molar-refractivity contribution >= 4 is 17.2 Å². The Kier molecular flexibility index (Phi) is 3.68. The molecule has 0 fully saturated rings. The minimum Gasteiger partial charge on any atom is -0.325 e.